The lowest BCUT2D eigenvalue weighted by atomic mass is 9.99. The molecule has 0 unspecified atom stereocenters. The summed E-state index contributed by atoms with van der Waals surface area (Å²) < 4.78 is 0. The molecule has 0 fully saturated rings. The highest BCUT2D eigenvalue weighted by atomic mass is 16.1. The fourth-order valence-corrected chi connectivity index (χ4v) is 2.65. The molecule has 18 heavy (non-hydrogen) atoms. The van der Waals surface area contributed by atoms with Crippen molar-refractivity contribution in [2.45, 2.75) is 12.8 Å². The van der Waals surface area contributed by atoms with Gasteiger partial charge in [-0.3, -0.25) is 4.79 Å². The van der Waals surface area contributed by atoms with Crippen LogP contribution < -0.4 is 5.22 Å². The van der Waals surface area contributed by atoms with Gasteiger partial charge in [-0.15, -0.1) is 10.2 Å². The van der Waals surface area contributed by atoms with E-state index in [2.05, 4.69) is 21.5 Å². The van der Waals surface area contributed by atoms with Crippen molar-refractivity contribution in [1.29, 1.82) is 0 Å². The van der Waals surface area contributed by atoms with Crippen LogP contribution in [0.1, 0.15) is 23.2 Å². The first kappa shape index (κ1) is 9.65. The molecule has 4 heteroatoms. The average Bonchev–Trinajstić information content (AvgIpc) is 2.71. The van der Waals surface area contributed by atoms with Crippen LogP contribution in [-0.2, 0) is 0 Å². The van der Waals surface area contributed by atoms with Gasteiger partial charge in [0.2, 0.25) is 0 Å². The second-order valence-corrected chi connectivity index (χ2v) is 4.52. The highest BCUT2D eigenvalue weighted by molar-refractivity contribution is 6.04. The van der Waals surface area contributed by atoms with Crippen molar-refractivity contribution < 1.29 is 4.79 Å². The molecule has 0 bridgehead atoms. The van der Waals surface area contributed by atoms with E-state index in [4.69, 9.17) is 0 Å². The van der Waals surface area contributed by atoms with E-state index in [0.717, 1.165) is 27.6 Å². The minimum Gasteiger partial charge on any atom is -0.294 e. The molecule has 86 valence electrons. The predicted octanol–water partition coefficient (Wildman–Crippen LogP) is 1.23. The molecule has 1 heterocycles. The van der Waals surface area contributed by atoms with Crippen molar-refractivity contribution in [3.63, 3.8) is 0 Å². The Hall–Kier alpha value is -2.36. The average molecular weight is 235 g/mol. The van der Waals surface area contributed by atoms with Crippen LogP contribution in [0.4, 0.5) is 0 Å². The third-order valence-electron chi connectivity index (χ3n) is 3.48. The molecule has 1 aromatic rings. The smallest absolute Gasteiger partial charge is 0.166 e. The molecule has 4 rings (SSSR count). The van der Waals surface area contributed by atoms with Gasteiger partial charge in [-0.2, -0.15) is 0 Å². The number of hydrogen-bond donors (Lipinski definition) is 0. The number of fused-ring (bicyclic) bond motifs is 2. The van der Waals surface area contributed by atoms with E-state index in [1.807, 2.05) is 24.3 Å². The van der Waals surface area contributed by atoms with Crippen LogP contribution in [-0.4, -0.2) is 21.2 Å². The lowest BCUT2D eigenvalue weighted by Crippen LogP contribution is -2.18. The zero-order valence-electron chi connectivity index (χ0n) is 9.55. The Labute approximate surface area is 102 Å². The molecule has 0 saturated heterocycles. The summed E-state index contributed by atoms with van der Waals surface area (Å²) in [5.41, 5.74) is 2.18. The van der Waals surface area contributed by atoms with Crippen LogP contribution in [0.15, 0.2) is 24.3 Å². The van der Waals surface area contributed by atoms with Gasteiger partial charge in [-0.05, 0) is 28.1 Å². The van der Waals surface area contributed by atoms with E-state index in [9.17, 15) is 4.79 Å². The molecule has 3 aliphatic rings. The highest BCUT2D eigenvalue weighted by Gasteiger charge is 2.16. The van der Waals surface area contributed by atoms with Gasteiger partial charge in [0, 0.05) is 11.6 Å². The van der Waals surface area contributed by atoms with Crippen molar-refractivity contribution in [2.24, 2.45) is 0 Å². The number of carbonyl (C=O) groups excluding carboxylic acids is 1. The molecule has 0 aromatic carbocycles. The summed E-state index contributed by atoms with van der Waals surface area (Å²) in [6.45, 7) is 0. The summed E-state index contributed by atoms with van der Waals surface area (Å²) in [7, 11) is 0. The van der Waals surface area contributed by atoms with Crippen molar-refractivity contribution in [3.8, 4) is 0 Å². The molecule has 4 nitrogen and oxygen atoms in total. The van der Waals surface area contributed by atoms with Gasteiger partial charge in [-0.1, -0.05) is 24.3 Å². The van der Waals surface area contributed by atoms with Crippen molar-refractivity contribution >= 4 is 22.9 Å². The quantitative estimate of drug-likeness (QED) is 0.588. The first-order valence-electron chi connectivity index (χ1n) is 5.92. The van der Waals surface area contributed by atoms with E-state index in [1.165, 1.54) is 0 Å². The van der Waals surface area contributed by atoms with Crippen LogP contribution in [0.5, 0.6) is 0 Å². The van der Waals surface area contributed by atoms with Crippen LogP contribution in [0.2, 0.25) is 0 Å². The Balaban J connectivity index is 2.42. The second-order valence-electron chi connectivity index (χ2n) is 4.52. The van der Waals surface area contributed by atoms with Gasteiger partial charge in [0.05, 0.1) is 11.1 Å². The van der Waals surface area contributed by atoms with E-state index in [1.54, 1.807) is 0 Å². The van der Waals surface area contributed by atoms with Gasteiger partial charge in [0.1, 0.15) is 5.52 Å². The summed E-state index contributed by atoms with van der Waals surface area (Å²) in [5, 5.41) is 14.8. The molecular weight excluding hydrogens is 226 g/mol. The topological polar surface area (TPSA) is 55.7 Å². The Morgan fingerprint density at radius 2 is 1.94 bits per heavy atom. The minimum absolute atomic E-state index is 0.146. The monoisotopic (exact) mass is 235 g/mol. The molecule has 3 aliphatic carbocycles. The summed E-state index contributed by atoms with van der Waals surface area (Å²) in [6, 6.07) is 7.91. The second kappa shape index (κ2) is 3.32. The van der Waals surface area contributed by atoms with Crippen molar-refractivity contribution in [1.82, 2.24) is 15.4 Å². The number of aromatic nitrogens is 3. The van der Waals surface area contributed by atoms with E-state index >= 15 is 0 Å². The molecule has 0 N–H and O–H groups in total. The standard InChI is InChI=1S/C14H9N3O/c18-11-3-1-2-8-4-5-9-6-7-10-12(9)14(13(8)11)16-17-15-10/h2,4-7H,1,3H2. The molecule has 0 saturated carbocycles. The van der Waals surface area contributed by atoms with Gasteiger partial charge < -0.3 is 0 Å². The third-order valence-corrected chi connectivity index (χ3v) is 3.48. The third kappa shape index (κ3) is 1.14. The van der Waals surface area contributed by atoms with Crippen molar-refractivity contribution in [3.05, 3.63) is 45.5 Å². The molecule has 0 atom stereocenters. The van der Waals surface area contributed by atoms with Crippen molar-refractivity contribution in [2.75, 3.05) is 0 Å². The first-order chi connectivity index (χ1) is 8.84. The number of Topliss-reactive ketones (excluding diaryl/α,β-unsaturated/α-hetero) is 1. The Morgan fingerprint density at radius 3 is 2.89 bits per heavy atom. The zero-order valence-corrected chi connectivity index (χ0v) is 9.55. The lowest BCUT2D eigenvalue weighted by molar-refractivity contribution is 0.0983. The fraction of sp³-hybridized carbons (Fsp3) is 0.143. The molecule has 0 spiro atoms. The van der Waals surface area contributed by atoms with Gasteiger partial charge in [-0.25, -0.2) is 0 Å². The SMILES string of the molecule is O=C1CCC=c2ccc3ccc4nnnc(c21)c4=3. The largest absolute Gasteiger partial charge is 0.294 e. The van der Waals surface area contributed by atoms with Crippen LogP contribution >= 0.6 is 0 Å². The maximum atomic E-state index is 12.2. The van der Waals surface area contributed by atoms with Gasteiger partial charge in [0.15, 0.2) is 5.78 Å². The molecule has 0 amide bonds. The molecule has 0 radical (unpaired) electrons. The molecule has 0 aliphatic heterocycles. The van der Waals surface area contributed by atoms with Crippen LogP contribution in [0.3, 0.4) is 0 Å². The predicted molar refractivity (Wildman–Crippen MR) is 65.9 cm³/mol. The Kier molecular flexibility index (Phi) is 1.78. The minimum atomic E-state index is 0.146. The normalized spacial score (nSPS) is 14.8. The Bertz CT molecular complexity index is 901. The van der Waals surface area contributed by atoms with Gasteiger partial charge >= 0.3 is 0 Å². The fourth-order valence-electron chi connectivity index (χ4n) is 2.65. The Morgan fingerprint density at radius 1 is 1.06 bits per heavy atom. The highest BCUT2D eigenvalue weighted by Crippen LogP contribution is 2.17. The summed E-state index contributed by atoms with van der Waals surface area (Å²) in [5.74, 6) is 0.146. The zero-order chi connectivity index (χ0) is 12.1. The summed E-state index contributed by atoms with van der Waals surface area (Å²) in [4.78, 5) is 12.2. The van der Waals surface area contributed by atoms with E-state index in [0.29, 0.717) is 17.5 Å². The maximum absolute atomic E-state index is 12.2. The number of carbonyl (C=O) groups is 1. The maximum Gasteiger partial charge on any atom is 0.166 e. The summed E-state index contributed by atoms with van der Waals surface area (Å²) in [6.07, 6.45) is 3.44. The summed E-state index contributed by atoms with van der Waals surface area (Å²) >= 11 is 0. The lowest BCUT2D eigenvalue weighted by Gasteiger charge is -2.05. The van der Waals surface area contributed by atoms with Crippen LogP contribution in [0.25, 0.3) is 17.1 Å². The first-order valence-corrected chi connectivity index (χ1v) is 5.92. The number of rotatable bonds is 0. The molecule has 1 aromatic heterocycles. The van der Waals surface area contributed by atoms with Crippen LogP contribution in [0, 0.1) is 10.4 Å². The molecular formula is C14H9N3O. The number of ketones is 1. The van der Waals surface area contributed by atoms with E-state index in [-0.39, 0.29) is 5.78 Å². The van der Waals surface area contributed by atoms with Gasteiger partial charge in [0.25, 0.3) is 0 Å². The number of hydrogen-bond acceptors (Lipinski definition) is 4. The van der Waals surface area contributed by atoms with E-state index < -0.39 is 0 Å². The number of nitrogens with zero attached hydrogens (tertiary/aromatic N) is 3.